The molecule has 1 aliphatic heterocycles. The minimum Gasteiger partial charge on any atom is -0.557 e. The molecule has 2 N–H and O–H groups in total. The van der Waals surface area contributed by atoms with Gasteiger partial charge in [0.05, 0.1) is 12.2 Å². The van der Waals surface area contributed by atoms with Gasteiger partial charge in [-0.1, -0.05) is 45.0 Å². The lowest BCUT2D eigenvalue weighted by Crippen LogP contribution is -2.45. The minimum absolute atomic E-state index is 0.0487. The number of carbonyl (C=O) groups is 1. The van der Waals surface area contributed by atoms with Crippen molar-refractivity contribution in [2.24, 2.45) is 7.05 Å². The molecular weight excluding hydrogens is 481 g/mol. The number of amides is 1. The van der Waals surface area contributed by atoms with Gasteiger partial charge >= 0.3 is 7.48 Å². The van der Waals surface area contributed by atoms with Crippen molar-refractivity contribution >= 4 is 28.1 Å². The summed E-state index contributed by atoms with van der Waals surface area (Å²) in [5, 5.41) is 10.4. The molecule has 1 amide bonds. The van der Waals surface area contributed by atoms with Crippen molar-refractivity contribution in [1.82, 2.24) is 19.8 Å². The Morgan fingerprint density at radius 3 is 2.51 bits per heavy atom. The first-order valence-corrected chi connectivity index (χ1v) is 16.2. The van der Waals surface area contributed by atoms with Crippen LogP contribution in [0, 0.1) is 5.41 Å². The average Bonchev–Trinajstić information content (AvgIpc) is 3.19. The second-order valence-corrected chi connectivity index (χ2v) is 16.5. The van der Waals surface area contributed by atoms with E-state index in [4.69, 9.17) is 19.5 Å². The van der Waals surface area contributed by atoms with Gasteiger partial charge in [-0.3, -0.25) is 15.1 Å². The lowest BCUT2D eigenvalue weighted by Gasteiger charge is -2.38. The maximum absolute atomic E-state index is 12.2. The predicted molar refractivity (Wildman–Crippen MR) is 154 cm³/mol. The van der Waals surface area contributed by atoms with Crippen LogP contribution in [-0.4, -0.2) is 68.7 Å². The van der Waals surface area contributed by atoms with Crippen LogP contribution >= 0.6 is 0 Å². The van der Waals surface area contributed by atoms with Gasteiger partial charge in [0.2, 0.25) is 5.91 Å². The van der Waals surface area contributed by atoms with Crippen molar-refractivity contribution < 1.29 is 13.9 Å². The molecule has 0 bridgehead atoms. The van der Waals surface area contributed by atoms with Crippen molar-refractivity contribution in [1.29, 1.82) is 5.41 Å². The van der Waals surface area contributed by atoms with Crippen LogP contribution in [0.3, 0.4) is 0 Å². The lowest BCUT2D eigenvalue weighted by atomic mass is 9.75. The Morgan fingerprint density at radius 1 is 1.27 bits per heavy atom. The smallest absolute Gasteiger partial charge is 0.346 e. The van der Waals surface area contributed by atoms with Gasteiger partial charge in [0.25, 0.3) is 0 Å². The molecule has 2 atom stereocenters. The molecule has 202 valence electrons. The van der Waals surface area contributed by atoms with E-state index in [0.717, 1.165) is 48.6 Å². The highest BCUT2D eigenvalue weighted by molar-refractivity contribution is 6.74. The average molecular weight is 526 g/mol. The highest BCUT2D eigenvalue weighted by atomic mass is 28.4. The summed E-state index contributed by atoms with van der Waals surface area (Å²) in [4.78, 5) is 19.3. The number of hydrogen-bond acceptors (Lipinski definition) is 6. The number of aryl methyl sites for hydroxylation is 1. The van der Waals surface area contributed by atoms with Crippen LogP contribution in [0.1, 0.15) is 51.6 Å². The minimum atomic E-state index is -1.90. The van der Waals surface area contributed by atoms with Gasteiger partial charge in [-0.05, 0) is 62.4 Å². The zero-order valence-corrected chi connectivity index (χ0v) is 24.6. The number of benzene rings is 1. The molecule has 2 aromatic rings. The van der Waals surface area contributed by atoms with Crippen LogP contribution in [0.15, 0.2) is 30.5 Å². The van der Waals surface area contributed by atoms with E-state index in [2.05, 4.69) is 86.0 Å². The van der Waals surface area contributed by atoms with Crippen LogP contribution in [0.5, 0.6) is 0 Å². The van der Waals surface area contributed by atoms with Crippen molar-refractivity contribution in [3.8, 4) is 11.3 Å². The van der Waals surface area contributed by atoms with Crippen LogP contribution < -0.4 is 5.32 Å². The molecule has 2 unspecified atom stereocenters. The Morgan fingerprint density at radius 2 is 1.95 bits per heavy atom. The highest BCUT2D eigenvalue weighted by Gasteiger charge is 2.39. The third kappa shape index (κ3) is 8.03. The Hall–Kier alpha value is -2.43. The fourth-order valence-corrected chi connectivity index (χ4v) is 5.59. The molecule has 0 saturated carbocycles. The van der Waals surface area contributed by atoms with Gasteiger partial charge in [-0.2, -0.15) is 0 Å². The van der Waals surface area contributed by atoms with Gasteiger partial charge in [0.1, 0.15) is 18.3 Å². The van der Waals surface area contributed by atoms with Crippen LogP contribution in [0.25, 0.3) is 11.3 Å². The van der Waals surface area contributed by atoms with Gasteiger partial charge in [-0.15, -0.1) is 0 Å². The third-order valence-corrected chi connectivity index (χ3v) is 12.2. The number of imidazole rings is 1. The zero-order valence-electron chi connectivity index (χ0n) is 23.6. The summed E-state index contributed by atoms with van der Waals surface area (Å²) in [7, 11) is 0.513. The largest absolute Gasteiger partial charge is 0.557 e. The number of aromatic nitrogens is 2. The number of hydrogen-bond donors (Lipinski definition) is 2. The summed E-state index contributed by atoms with van der Waals surface area (Å²) >= 11 is 0. The third-order valence-electron chi connectivity index (χ3n) is 7.65. The van der Waals surface area contributed by atoms with E-state index < -0.39 is 8.32 Å². The van der Waals surface area contributed by atoms with Gasteiger partial charge in [0, 0.05) is 25.4 Å². The normalized spacial score (nSPS) is 16.0. The first-order chi connectivity index (χ1) is 17.4. The van der Waals surface area contributed by atoms with E-state index in [0.29, 0.717) is 20.6 Å². The van der Waals surface area contributed by atoms with Gasteiger partial charge in [0.15, 0.2) is 8.32 Å². The SMILES string of the molecule is CC(O[Si](C)(C)C(C)(C)C)c1nc(-c2ccc(CC(BOC=N)CNC(=O)CN3CCC3)cc2)cn1C. The Bertz CT molecular complexity index is 1050. The van der Waals surface area contributed by atoms with E-state index in [1.165, 1.54) is 6.42 Å². The van der Waals surface area contributed by atoms with E-state index >= 15 is 0 Å². The Kier molecular flexibility index (Phi) is 9.77. The standard InChI is InChI=1S/C27H44BN5O3Si/c1-20(36-37(6,7)27(2,3)4)26-31-24(17-32(26)5)22-11-9-21(10-12-22)15-23(28-35-19-29)16-30-25(34)18-33-13-8-14-33/h9-12,17,19-20,23,28-29H,8,13-16,18H2,1-7H3,(H,30,34). The van der Waals surface area contributed by atoms with Crippen LogP contribution in [-0.2, 0) is 27.3 Å². The molecular formula is C27H44BN5O3Si. The van der Waals surface area contributed by atoms with Crippen molar-refractivity contribution in [2.75, 3.05) is 26.2 Å². The molecule has 2 heterocycles. The van der Waals surface area contributed by atoms with E-state index in [9.17, 15) is 4.79 Å². The van der Waals surface area contributed by atoms with Crippen molar-refractivity contribution in [3.05, 3.63) is 41.9 Å². The summed E-state index contributed by atoms with van der Waals surface area (Å²) in [6, 6.07) is 8.41. The second kappa shape index (κ2) is 12.4. The predicted octanol–water partition coefficient (Wildman–Crippen LogP) is 4.30. The van der Waals surface area contributed by atoms with E-state index in [1.807, 2.05) is 7.05 Å². The number of carbonyl (C=O) groups excluding carboxylic acids is 1. The van der Waals surface area contributed by atoms with Crippen molar-refractivity contribution in [2.45, 2.75) is 70.6 Å². The number of nitrogens with zero attached hydrogens (tertiary/aromatic N) is 3. The Balaban J connectivity index is 1.63. The first-order valence-electron chi connectivity index (χ1n) is 13.3. The quantitative estimate of drug-likeness (QED) is 0.231. The number of nitrogens with one attached hydrogen (secondary N) is 2. The summed E-state index contributed by atoms with van der Waals surface area (Å²) in [6.07, 6.45) is 4.87. The van der Waals surface area contributed by atoms with E-state index in [-0.39, 0.29) is 22.9 Å². The molecule has 10 heteroatoms. The molecule has 0 spiro atoms. The maximum atomic E-state index is 12.2. The van der Waals surface area contributed by atoms with Gasteiger partial charge in [-0.25, -0.2) is 4.98 Å². The lowest BCUT2D eigenvalue weighted by molar-refractivity contribution is -0.123. The monoisotopic (exact) mass is 525 g/mol. The molecule has 1 saturated heterocycles. The highest BCUT2D eigenvalue weighted by Crippen LogP contribution is 2.39. The van der Waals surface area contributed by atoms with Crippen LogP contribution in [0.4, 0.5) is 0 Å². The summed E-state index contributed by atoms with van der Waals surface area (Å²) in [5.41, 5.74) is 3.14. The number of rotatable bonds is 13. The first kappa shape index (κ1) is 29.1. The fraction of sp³-hybridized carbons (Fsp3) is 0.593. The molecule has 1 aromatic heterocycles. The molecule has 37 heavy (non-hydrogen) atoms. The van der Waals surface area contributed by atoms with E-state index in [1.54, 1.807) is 0 Å². The second-order valence-electron chi connectivity index (χ2n) is 11.8. The molecule has 3 rings (SSSR count). The summed E-state index contributed by atoms with van der Waals surface area (Å²) < 4.78 is 13.9. The molecule has 8 nitrogen and oxygen atoms in total. The van der Waals surface area contributed by atoms with Crippen LogP contribution in [0.2, 0.25) is 23.9 Å². The zero-order chi connectivity index (χ0) is 27.2. The molecule has 1 fully saturated rings. The number of likely N-dealkylation sites (tertiary alicyclic amines) is 1. The molecule has 1 aromatic carbocycles. The molecule has 0 aliphatic carbocycles. The van der Waals surface area contributed by atoms with Gasteiger partial charge < -0.3 is 19.0 Å². The Labute approximate surface area is 224 Å². The maximum Gasteiger partial charge on any atom is 0.346 e. The fourth-order valence-electron chi connectivity index (χ4n) is 4.25. The summed E-state index contributed by atoms with van der Waals surface area (Å²) in [5.74, 6) is 1.07. The topological polar surface area (TPSA) is 92.5 Å². The molecule has 0 radical (unpaired) electrons. The summed E-state index contributed by atoms with van der Waals surface area (Å²) in [6.45, 7) is 16.4. The van der Waals surface area contributed by atoms with Crippen molar-refractivity contribution in [3.63, 3.8) is 0 Å². The molecule has 1 aliphatic rings.